The summed E-state index contributed by atoms with van der Waals surface area (Å²) in [5.41, 5.74) is 1.21. The van der Waals surface area contributed by atoms with E-state index >= 15 is 0 Å². The highest BCUT2D eigenvalue weighted by Gasteiger charge is 2.09. The molecule has 0 bridgehead atoms. The smallest absolute Gasteiger partial charge is 0.223 e. The molecule has 0 aliphatic rings. The number of guanidine groups is 1. The second kappa shape index (κ2) is 9.51. The number of hydrogen-bond acceptors (Lipinski definition) is 4. The lowest BCUT2D eigenvalue weighted by Crippen LogP contribution is -2.38. The molecule has 3 aromatic rings. The topological polar surface area (TPSA) is 75.3 Å². The quantitative estimate of drug-likeness (QED) is 0.339. The predicted molar refractivity (Wildman–Crippen MR) is 115 cm³/mol. The molecule has 0 saturated heterocycles. The molecule has 0 fully saturated rings. The summed E-state index contributed by atoms with van der Waals surface area (Å²) in [5.74, 6) is 1.85. The van der Waals surface area contributed by atoms with E-state index in [0.29, 0.717) is 18.3 Å². The zero-order chi connectivity index (χ0) is 17.6. The number of nitrogens with zero attached hydrogens (tertiary/aromatic N) is 3. The molecule has 0 aliphatic carbocycles. The highest BCUT2D eigenvalue weighted by atomic mass is 127. The first-order valence-electron chi connectivity index (χ1n) is 8.48. The molecule has 0 spiro atoms. The fourth-order valence-electron chi connectivity index (χ4n) is 2.64. The van der Waals surface area contributed by atoms with Crippen LogP contribution in [-0.4, -0.2) is 22.6 Å². The standard InChI is InChI=1S/C19H23N5O.HI/c1-4-20-19(21-12-18-23-14(3)25-24-18)22-13(2)16-10-9-15-7-5-6-8-17(15)11-16;/h5-11,13H,4,12H2,1-3H3,(H2,20,21,22);1H. The van der Waals surface area contributed by atoms with E-state index in [1.165, 1.54) is 16.3 Å². The molecule has 1 aromatic heterocycles. The summed E-state index contributed by atoms with van der Waals surface area (Å²) in [6, 6.07) is 15.0. The predicted octanol–water partition coefficient (Wildman–Crippen LogP) is 3.97. The van der Waals surface area contributed by atoms with Crippen molar-refractivity contribution < 1.29 is 4.52 Å². The highest BCUT2D eigenvalue weighted by molar-refractivity contribution is 14.0. The molecule has 1 unspecified atom stereocenters. The van der Waals surface area contributed by atoms with Crippen LogP contribution in [0, 0.1) is 6.92 Å². The van der Waals surface area contributed by atoms with E-state index < -0.39 is 0 Å². The molecule has 3 rings (SSSR count). The summed E-state index contributed by atoms with van der Waals surface area (Å²) in [6.45, 7) is 7.08. The summed E-state index contributed by atoms with van der Waals surface area (Å²) in [5, 5.41) is 13.0. The molecule has 0 radical (unpaired) electrons. The van der Waals surface area contributed by atoms with E-state index in [1.807, 2.05) is 6.92 Å². The fourth-order valence-corrected chi connectivity index (χ4v) is 2.64. The Morgan fingerprint density at radius 3 is 2.65 bits per heavy atom. The van der Waals surface area contributed by atoms with Gasteiger partial charge in [-0.1, -0.05) is 41.6 Å². The number of fused-ring (bicyclic) bond motifs is 1. The monoisotopic (exact) mass is 465 g/mol. The number of hydrogen-bond donors (Lipinski definition) is 2. The fraction of sp³-hybridized carbons (Fsp3) is 0.316. The average molecular weight is 465 g/mol. The van der Waals surface area contributed by atoms with Crippen molar-refractivity contribution in [1.82, 2.24) is 20.8 Å². The largest absolute Gasteiger partial charge is 0.357 e. The van der Waals surface area contributed by atoms with E-state index in [4.69, 9.17) is 4.52 Å². The molecule has 7 heteroatoms. The van der Waals surface area contributed by atoms with E-state index in [2.05, 4.69) is 75.2 Å². The summed E-state index contributed by atoms with van der Waals surface area (Å²) < 4.78 is 4.98. The van der Waals surface area contributed by atoms with Crippen LogP contribution < -0.4 is 10.6 Å². The van der Waals surface area contributed by atoms with Crippen LogP contribution in [0.3, 0.4) is 0 Å². The van der Waals surface area contributed by atoms with Gasteiger partial charge in [0.2, 0.25) is 5.89 Å². The van der Waals surface area contributed by atoms with Crippen molar-refractivity contribution >= 4 is 40.7 Å². The summed E-state index contributed by atoms with van der Waals surface area (Å²) in [6.07, 6.45) is 0. The summed E-state index contributed by atoms with van der Waals surface area (Å²) >= 11 is 0. The number of aliphatic imine (C=N–C) groups is 1. The van der Waals surface area contributed by atoms with Gasteiger partial charge in [0.15, 0.2) is 11.8 Å². The molecular weight excluding hydrogens is 441 g/mol. The lowest BCUT2D eigenvalue weighted by molar-refractivity contribution is 0.387. The normalized spacial score (nSPS) is 12.5. The van der Waals surface area contributed by atoms with Crippen molar-refractivity contribution in [2.45, 2.75) is 33.4 Å². The van der Waals surface area contributed by atoms with Crippen molar-refractivity contribution in [2.24, 2.45) is 4.99 Å². The third kappa shape index (κ3) is 5.17. The molecule has 138 valence electrons. The molecule has 1 atom stereocenters. The second-order valence-electron chi connectivity index (χ2n) is 5.90. The maximum atomic E-state index is 4.98. The molecule has 1 heterocycles. The number of rotatable bonds is 5. The van der Waals surface area contributed by atoms with Crippen LogP contribution in [0.25, 0.3) is 10.8 Å². The average Bonchev–Trinajstić information content (AvgIpc) is 3.04. The van der Waals surface area contributed by atoms with Gasteiger partial charge in [-0.05, 0) is 36.2 Å². The van der Waals surface area contributed by atoms with E-state index in [9.17, 15) is 0 Å². The van der Waals surface area contributed by atoms with Crippen molar-refractivity contribution in [3.63, 3.8) is 0 Å². The number of aryl methyl sites for hydroxylation is 1. The molecule has 0 saturated carbocycles. The van der Waals surface area contributed by atoms with Crippen LogP contribution in [-0.2, 0) is 6.54 Å². The number of halogens is 1. The Hall–Kier alpha value is -2.16. The van der Waals surface area contributed by atoms with Crippen LogP contribution in [0.2, 0.25) is 0 Å². The molecule has 2 aromatic carbocycles. The SMILES string of the molecule is CCNC(=NCc1noc(C)n1)NC(C)c1ccc2ccccc2c1.I. The Morgan fingerprint density at radius 2 is 1.96 bits per heavy atom. The van der Waals surface area contributed by atoms with Crippen LogP contribution in [0.5, 0.6) is 0 Å². The van der Waals surface area contributed by atoms with Crippen LogP contribution >= 0.6 is 24.0 Å². The van der Waals surface area contributed by atoms with Gasteiger partial charge >= 0.3 is 0 Å². The molecule has 0 amide bonds. The minimum atomic E-state index is 0. The lowest BCUT2D eigenvalue weighted by Gasteiger charge is -2.18. The highest BCUT2D eigenvalue weighted by Crippen LogP contribution is 2.20. The molecule has 0 aliphatic heterocycles. The van der Waals surface area contributed by atoms with Gasteiger partial charge in [-0.15, -0.1) is 24.0 Å². The Morgan fingerprint density at radius 1 is 1.19 bits per heavy atom. The minimum absolute atomic E-state index is 0. The Kier molecular flexibility index (Phi) is 7.38. The van der Waals surface area contributed by atoms with Gasteiger partial charge in [0, 0.05) is 13.5 Å². The van der Waals surface area contributed by atoms with Crippen molar-refractivity contribution in [3.8, 4) is 0 Å². The third-order valence-electron chi connectivity index (χ3n) is 3.92. The van der Waals surface area contributed by atoms with Gasteiger partial charge < -0.3 is 15.2 Å². The summed E-state index contributed by atoms with van der Waals surface area (Å²) in [4.78, 5) is 8.71. The molecule has 26 heavy (non-hydrogen) atoms. The second-order valence-corrected chi connectivity index (χ2v) is 5.90. The number of benzene rings is 2. The van der Waals surface area contributed by atoms with Crippen LogP contribution in [0.4, 0.5) is 0 Å². The maximum absolute atomic E-state index is 4.98. The third-order valence-corrected chi connectivity index (χ3v) is 3.92. The Balaban J connectivity index is 0.00000243. The van der Waals surface area contributed by atoms with Gasteiger partial charge in [-0.25, -0.2) is 4.99 Å². The van der Waals surface area contributed by atoms with Crippen molar-refractivity contribution in [1.29, 1.82) is 0 Å². The lowest BCUT2D eigenvalue weighted by atomic mass is 10.0. The number of aromatic nitrogens is 2. The van der Waals surface area contributed by atoms with E-state index in [-0.39, 0.29) is 30.0 Å². The van der Waals surface area contributed by atoms with Gasteiger partial charge in [0.05, 0.1) is 6.04 Å². The first kappa shape index (κ1) is 20.2. The molecule has 2 N–H and O–H groups in total. The zero-order valence-electron chi connectivity index (χ0n) is 15.2. The van der Waals surface area contributed by atoms with Gasteiger partial charge in [0.25, 0.3) is 0 Å². The maximum Gasteiger partial charge on any atom is 0.223 e. The van der Waals surface area contributed by atoms with E-state index in [0.717, 1.165) is 12.5 Å². The van der Waals surface area contributed by atoms with Crippen molar-refractivity contribution in [3.05, 3.63) is 59.7 Å². The Bertz CT molecular complexity index is 877. The van der Waals surface area contributed by atoms with Gasteiger partial charge in [0.1, 0.15) is 6.54 Å². The first-order valence-corrected chi connectivity index (χ1v) is 8.48. The molecular formula is C19H24IN5O. The van der Waals surface area contributed by atoms with Gasteiger partial charge in [-0.2, -0.15) is 4.98 Å². The zero-order valence-corrected chi connectivity index (χ0v) is 17.5. The Labute approximate surface area is 170 Å². The van der Waals surface area contributed by atoms with Crippen molar-refractivity contribution in [2.75, 3.05) is 6.54 Å². The minimum Gasteiger partial charge on any atom is -0.357 e. The van der Waals surface area contributed by atoms with Gasteiger partial charge in [-0.3, -0.25) is 0 Å². The molecule has 6 nitrogen and oxygen atoms in total. The number of nitrogens with one attached hydrogen (secondary N) is 2. The van der Waals surface area contributed by atoms with E-state index in [1.54, 1.807) is 6.92 Å². The summed E-state index contributed by atoms with van der Waals surface area (Å²) in [7, 11) is 0. The first-order chi connectivity index (χ1) is 12.2. The van der Waals surface area contributed by atoms with Crippen LogP contribution in [0.1, 0.15) is 37.2 Å². The van der Waals surface area contributed by atoms with Crippen LogP contribution in [0.15, 0.2) is 52.0 Å².